The van der Waals surface area contributed by atoms with Crippen LogP contribution in [0.3, 0.4) is 0 Å². The van der Waals surface area contributed by atoms with E-state index in [1.54, 1.807) is 64.1 Å². The number of rotatable bonds is 14. The van der Waals surface area contributed by atoms with Gasteiger partial charge in [-0.25, -0.2) is 4.79 Å². The van der Waals surface area contributed by atoms with Crippen molar-refractivity contribution < 1.29 is 56.0 Å². The molecule has 8 nitrogen and oxygen atoms in total. The largest absolute Gasteiger partial charge is 0.480 e. The molecule has 0 spiro atoms. The van der Waals surface area contributed by atoms with E-state index in [-0.39, 0.29) is 35.8 Å². The summed E-state index contributed by atoms with van der Waals surface area (Å²) >= 11 is 6.87. The third-order valence-electron chi connectivity index (χ3n) is 8.85. The predicted molar refractivity (Wildman–Crippen MR) is 211 cm³/mol. The molecule has 0 saturated heterocycles. The van der Waals surface area contributed by atoms with Crippen molar-refractivity contribution in [2.24, 2.45) is 0 Å². The fourth-order valence-corrected chi connectivity index (χ4v) is 6.26. The summed E-state index contributed by atoms with van der Waals surface area (Å²) in [6, 6.07) is 15.7. The molecule has 0 fully saturated rings. The van der Waals surface area contributed by atoms with Crippen molar-refractivity contribution in [3.05, 3.63) is 128 Å². The first-order valence-corrected chi connectivity index (χ1v) is 18.3. The topological polar surface area (TPSA) is 119 Å². The quantitative estimate of drug-likeness (QED) is 0.0738. The maximum absolute atomic E-state index is 14.2. The van der Waals surface area contributed by atoms with Crippen LogP contribution < -0.4 is 5.32 Å². The molecule has 1 amide bonds. The number of carboxylic acid groups (broad SMARTS) is 1. The Morgan fingerprint density at radius 3 is 1.83 bits per heavy atom. The summed E-state index contributed by atoms with van der Waals surface area (Å²) in [6.45, 7) is 5.29. The first kappa shape index (κ1) is 45.6. The Bertz CT molecular complexity index is 2160. The lowest BCUT2D eigenvalue weighted by molar-refractivity contribution is -0.140. The lowest BCUT2D eigenvalue weighted by Crippen LogP contribution is -2.39. The van der Waals surface area contributed by atoms with Gasteiger partial charge in [0.15, 0.2) is 0 Å². The predicted octanol–water partition coefficient (Wildman–Crippen LogP) is 9.96. The molecular weight excluding hydrogens is 790 g/mol. The van der Waals surface area contributed by atoms with Gasteiger partial charge in [0.25, 0.3) is 0 Å². The average Bonchev–Trinajstić information content (AvgIpc) is 3.12. The smallest absolute Gasteiger partial charge is 0.416 e. The third kappa shape index (κ3) is 12.2. The second kappa shape index (κ2) is 19.1. The molecule has 310 valence electrons. The van der Waals surface area contributed by atoms with Crippen LogP contribution in [0.5, 0.6) is 0 Å². The maximum Gasteiger partial charge on any atom is 0.416 e. The zero-order valence-corrected chi connectivity index (χ0v) is 32.8. The molecule has 4 aromatic rings. The van der Waals surface area contributed by atoms with Crippen molar-refractivity contribution in [2.45, 2.75) is 64.8 Å². The Morgan fingerprint density at radius 2 is 1.29 bits per heavy atom. The zero-order valence-electron chi connectivity index (χ0n) is 32.0. The minimum atomic E-state index is -4.72. The van der Waals surface area contributed by atoms with Crippen LogP contribution in [0.15, 0.2) is 72.8 Å². The van der Waals surface area contributed by atoms with Gasteiger partial charge in [0.2, 0.25) is 0 Å². The van der Waals surface area contributed by atoms with Crippen molar-refractivity contribution in [3.63, 3.8) is 0 Å². The second-order valence-electron chi connectivity index (χ2n) is 14.3. The number of aliphatic hydroxyl groups is 2. The molecule has 0 heterocycles. The van der Waals surface area contributed by atoms with E-state index in [1.807, 2.05) is 0 Å². The Balaban J connectivity index is 1.68. The number of carboxylic acids is 1. The van der Waals surface area contributed by atoms with Crippen molar-refractivity contribution >= 4 is 48.0 Å². The minimum absolute atomic E-state index is 0.109. The van der Waals surface area contributed by atoms with Gasteiger partial charge in [-0.15, -0.1) is 0 Å². The van der Waals surface area contributed by atoms with Crippen LogP contribution in [0.2, 0.25) is 5.02 Å². The SMILES string of the molecule is Cc1c(/C=C/c2cc(CNC(CO)C(=O)O)ccc2C(F)(F)F)cccc1-c1cccc(/C=C/c2cc(CN(CCO)C(=O)OC(C)(C)C)ccc2C(F)(F)F)c1Cl. The Morgan fingerprint density at radius 1 is 0.776 bits per heavy atom. The maximum atomic E-state index is 14.2. The summed E-state index contributed by atoms with van der Waals surface area (Å²) in [6.07, 6.45) is -4.66. The monoisotopic (exact) mass is 832 g/mol. The molecule has 0 saturated carbocycles. The van der Waals surface area contributed by atoms with Gasteiger partial charge in [-0.05, 0) is 96.5 Å². The van der Waals surface area contributed by atoms with Crippen LogP contribution in [-0.2, 0) is 35.0 Å². The standard InChI is InChI=1S/C43H43ClF6N2O6/c1-26-29(13-15-31-21-27(11-17-35(31)42(45,46)47)23-51-37(25-54)39(55)56)7-5-9-33(26)34-10-6-8-30(38(34)44)14-16-32-22-28(12-18-36(32)43(48,49)50)24-52(19-20-53)40(57)58-41(2,3)4/h5-18,21-22,37,51,53-54H,19-20,23-25H2,1-4H3,(H,55,56)/b15-13+,16-14+. The molecule has 0 aliphatic rings. The van der Waals surface area contributed by atoms with Crippen molar-refractivity contribution in [1.82, 2.24) is 10.2 Å². The lowest BCUT2D eigenvalue weighted by atomic mass is 9.94. The normalized spacial score (nSPS) is 13.0. The van der Waals surface area contributed by atoms with Gasteiger partial charge in [0.1, 0.15) is 11.6 Å². The number of carbonyl (C=O) groups is 2. The highest BCUT2D eigenvalue weighted by Crippen LogP contribution is 2.38. The van der Waals surface area contributed by atoms with Crippen LogP contribution in [0.4, 0.5) is 31.1 Å². The second-order valence-corrected chi connectivity index (χ2v) is 14.7. The molecule has 0 bridgehead atoms. The number of nitrogens with one attached hydrogen (secondary N) is 1. The third-order valence-corrected chi connectivity index (χ3v) is 9.27. The number of halogens is 7. The summed E-state index contributed by atoms with van der Waals surface area (Å²) in [5.41, 5.74) is 0.353. The molecule has 1 unspecified atom stereocenters. The van der Waals surface area contributed by atoms with E-state index in [9.17, 15) is 51.3 Å². The molecule has 0 aliphatic carbocycles. The highest BCUT2D eigenvalue weighted by Gasteiger charge is 2.34. The molecule has 0 aliphatic heterocycles. The summed E-state index contributed by atoms with van der Waals surface area (Å²) in [4.78, 5) is 25.2. The Labute approximate surface area is 337 Å². The number of nitrogens with zero attached hydrogens (tertiary/aromatic N) is 1. The van der Waals surface area contributed by atoms with Gasteiger partial charge in [-0.1, -0.05) is 84.4 Å². The van der Waals surface area contributed by atoms with E-state index in [2.05, 4.69) is 5.32 Å². The Hall–Kier alpha value is -5.15. The lowest BCUT2D eigenvalue weighted by Gasteiger charge is -2.27. The number of amides is 1. The highest BCUT2D eigenvalue weighted by molar-refractivity contribution is 6.35. The highest BCUT2D eigenvalue weighted by atomic mass is 35.5. The van der Waals surface area contributed by atoms with E-state index in [0.29, 0.717) is 38.9 Å². The fraction of sp³-hybridized carbons (Fsp3) is 0.302. The van der Waals surface area contributed by atoms with Crippen LogP contribution in [-0.4, -0.2) is 63.7 Å². The van der Waals surface area contributed by atoms with Gasteiger partial charge < -0.3 is 25.0 Å². The van der Waals surface area contributed by atoms with Crippen LogP contribution >= 0.6 is 11.6 Å². The van der Waals surface area contributed by atoms with Crippen molar-refractivity contribution in [3.8, 4) is 11.1 Å². The molecule has 4 N–H and O–H groups in total. The average molecular weight is 833 g/mol. The van der Waals surface area contributed by atoms with Gasteiger partial charge >= 0.3 is 24.4 Å². The first-order valence-electron chi connectivity index (χ1n) is 17.9. The number of ether oxygens (including phenoxy) is 1. The summed E-state index contributed by atoms with van der Waals surface area (Å²) in [7, 11) is 0. The van der Waals surface area contributed by atoms with Crippen molar-refractivity contribution in [1.29, 1.82) is 0 Å². The number of hydrogen-bond acceptors (Lipinski definition) is 6. The number of aliphatic carboxylic acids is 1. The molecular formula is C43H43ClF6N2O6. The summed E-state index contributed by atoms with van der Waals surface area (Å²) in [5.74, 6) is -1.31. The zero-order chi connectivity index (χ0) is 43.0. The van der Waals surface area contributed by atoms with Crippen LogP contribution in [0.1, 0.15) is 70.8 Å². The van der Waals surface area contributed by atoms with Gasteiger partial charge in [0, 0.05) is 25.2 Å². The molecule has 0 aromatic heterocycles. The van der Waals surface area contributed by atoms with Crippen LogP contribution in [0.25, 0.3) is 35.4 Å². The van der Waals surface area contributed by atoms with Crippen molar-refractivity contribution in [2.75, 3.05) is 19.8 Å². The molecule has 4 aromatic carbocycles. The number of benzene rings is 4. The number of alkyl halides is 6. The molecule has 0 radical (unpaired) electrons. The van der Waals surface area contributed by atoms with E-state index >= 15 is 0 Å². The number of hydrogen-bond donors (Lipinski definition) is 4. The van der Waals surface area contributed by atoms with E-state index in [1.165, 1.54) is 53.5 Å². The summed E-state index contributed by atoms with van der Waals surface area (Å²) < 4.78 is 89.8. The van der Waals surface area contributed by atoms with E-state index < -0.39 is 60.4 Å². The fourth-order valence-electron chi connectivity index (χ4n) is 5.97. The van der Waals surface area contributed by atoms with E-state index in [0.717, 1.165) is 12.1 Å². The number of aliphatic hydroxyl groups excluding tert-OH is 2. The molecule has 15 heteroatoms. The molecule has 1 atom stereocenters. The first-order chi connectivity index (χ1) is 27.1. The molecule has 58 heavy (non-hydrogen) atoms. The van der Waals surface area contributed by atoms with Gasteiger partial charge in [0.05, 0.1) is 29.4 Å². The summed E-state index contributed by atoms with van der Waals surface area (Å²) in [5, 5.41) is 30.8. The number of carbonyl (C=O) groups excluding carboxylic acids is 1. The molecule has 4 rings (SSSR count). The van der Waals surface area contributed by atoms with Crippen LogP contribution in [0, 0.1) is 6.92 Å². The van der Waals surface area contributed by atoms with Gasteiger partial charge in [-0.2, -0.15) is 26.3 Å². The van der Waals surface area contributed by atoms with E-state index in [4.69, 9.17) is 16.3 Å². The minimum Gasteiger partial charge on any atom is -0.480 e. The van der Waals surface area contributed by atoms with Gasteiger partial charge in [-0.3, -0.25) is 10.1 Å². The Kier molecular flexibility index (Phi) is 15.0.